The van der Waals surface area contributed by atoms with Crippen molar-refractivity contribution in [2.24, 2.45) is 0 Å². The zero-order valence-corrected chi connectivity index (χ0v) is 11.4. The molecule has 0 aliphatic rings. The minimum atomic E-state index is -0.420. The molecule has 0 saturated heterocycles. The van der Waals surface area contributed by atoms with E-state index in [-0.39, 0.29) is 5.82 Å². The number of hydrogen-bond acceptors (Lipinski definition) is 3. The smallest absolute Gasteiger partial charge is 0.337 e. The number of ether oxygens (including phenoxy) is 2. The third-order valence-electron chi connectivity index (χ3n) is 2.86. The van der Waals surface area contributed by atoms with Gasteiger partial charge in [-0.25, -0.2) is 9.18 Å². The second kappa shape index (κ2) is 6.19. The van der Waals surface area contributed by atoms with Gasteiger partial charge in [-0.3, -0.25) is 0 Å². The van der Waals surface area contributed by atoms with Crippen LogP contribution in [-0.4, -0.2) is 19.7 Å². The van der Waals surface area contributed by atoms with Crippen LogP contribution in [0.5, 0.6) is 5.75 Å². The minimum Gasteiger partial charge on any atom is -0.493 e. The van der Waals surface area contributed by atoms with E-state index in [1.165, 1.54) is 19.2 Å². The second-order valence-electron chi connectivity index (χ2n) is 4.14. The van der Waals surface area contributed by atoms with Crippen molar-refractivity contribution in [1.82, 2.24) is 0 Å². The summed E-state index contributed by atoms with van der Waals surface area (Å²) >= 11 is 0. The van der Waals surface area contributed by atoms with E-state index in [2.05, 4.69) is 4.74 Å². The van der Waals surface area contributed by atoms with Crippen LogP contribution in [0.2, 0.25) is 0 Å². The van der Waals surface area contributed by atoms with Crippen LogP contribution in [-0.2, 0) is 4.74 Å². The summed E-state index contributed by atoms with van der Waals surface area (Å²) in [6, 6.07) is 11.2. The van der Waals surface area contributed by atoms with Crippen molar-refractivity contribution in [2.75, 3.05) is 13.7 Å². The van der Waals surface area contributed by atoms with Gasteiger partial charge in [-0.2, -0.15) is 0 Å². The number of methoxy groups -OCH3 is 1. The summed E-state index contributed by atoms with van der Waals surface area (Å²) in [6.45, 7) is 2.33. The average Bonchev–Trinajstić information content (AvgIpc) is 2.48. The molecule has 0 aliphatic heterocycles. The van der Waals surface area contributed by atoms with E-state index in [4.69, 9.17) is 4.74 Å². The number of benzene rings is 2. The Hall–Kier alpha value is -2.36. The third kappa shape index (κ3) is 2.96. The molecule has 4 heteroatoms. The molecular weight excluding hydrogens is 259 g/mol. The number of rotatable bonds is 4. The van der Waals surface area contributed by atoms with E-state index >= 15 is 0 Å². The predicted molar refractivity (Wildman–Crippen MR) is 74.3 cm³/mol. The van der Waals surface area contributed by atoms with Gasteiger partial charge in [-0.1, -0.05) is 12.1 Å². The Labute approximate surface area is 117 Å². The lowest BCUT2D eigenvalue weighted by Crippen LogP contribution is -2.03. The van der Waals surface area contributed by atoms with Gasteiger partial charge in [0.1, 0.15) is 11.6 Å². The van der Waals surface area contributed by atoms with Crippen molar-refractivity contribution >= 4 is 5.97 Å². The van der Waals surface area contributed by atoms with Gasteiger partial charge in [0, 0.05) is 5.56 Å². The molecule has 0 unspecified atom stereocenters. The Kier molecular flexibility index (Phi) is 4.35. The SMILES string of the molecule is CCOc1cc(C(=O)OC)ccc1-c1ccc(F)cc1. The van der Waals surface area contributed by atoms with E-state index < -0.39 is 5.97 Å². The van der Waals surface area contributed by atoms with Gasteiger partial charge in [0.2, 0.25) is 0 Å². The molecule has 0 aliphatic carbocycles. The normalized spacial score (nSPS) is 10.2. The van der Waals surface area contributed by atoms with E-state index in [9.17, 15) is 9.18 Å². The van der Waals surface area contributed by atoms with Crippen LogP contribution in [0.4, 0.5) is 4.39 Å². The highest BCUT2D eigenvalue weighted by molar-refractivity contribution is 5.91. The van der Waals surface area contributed by atoms with Crippen LogP contribution in [0.15, 0.2) is 42.5 Å². The van der Waals surface area contributed by atoms with Crippen LogP contribution < -0.4 is 4.74 Å². The molecule has 2 aromatic carbocycles. The van der Waals surface area contributed by atoms with E-state index in [1.807, 2.05) is 6.92 Å². The van der Waals surface area contributed by atoms with Gasteiger partial charge in [-0.05, 0) is 42.8 Å². The molecule has 0 heterocycles. The Morgan fingerprint density at radius 1 is 1.15 bits per heavy atom. The highest BCUT2D eigenvalue weighted by Gasteiger charge is 2.12. The van der Waals surface area contributed by atoms with Crippen molar-refractivity contribution in [2.45, 2.75) is 6.92 Å². The lowest BCUT2D eigenvalue weighted by molar-refractivity contribution is 0.0600. The number of esters is 1. The van der Waals surface area contributed by atoms with Crippen LogP contribution in [0.25, 0.3) is 11.1 Å². The topological polar surface area (TPSA) is 35.5 Å². The fraction of sp³-hybridized carbons (Fsp3) is 0.188. The van der Waals surface area contributed by atoms with Crippen LogP contribution in [0, 0.1) is 5.82 Å². The molecule has 0 bridgehead atoms. The molecule has 0 radical (unpaired) electrons. The molecule has 20 heavy (non-hydrogen) atoms. The minimum absolute atomic E-state index is 0.294. The predicted octanol–water partition coefficient (Wildman–Crippen LogP) is 3.68. The van der Waals surface area contributed by atoms with Crippen LogP contribution in [0.3, 0.4) is 0 Å². The van der Waals surface area contributed by atoms with Gasteiger partial charge < -0.3 is 9.47 Å². The molecule has 0 N–H and O–H groups in total. The summed E-state index contributed by atoms with van der Waals surface area (Å²) in [4.78, 5) is 11.5. The fourth-order valence-electron chi connectivity index (χ4n) is 1.91. The number of carbonyl (C=O) groups excluding carboxylic acids is 1. The summed E-state index contributed by atoms with van der Waals surface area (Å²) in [5.74, 6) is -0.142. The maximum Gasteiger partial charge on any atom is 0.337 e. The maximum absolute atomic E-state index is 13.0. The molecule has 0 aromatic heterocycles. The lowest BCUT2D eigenvalue weighted by atomic mass is 10.0. The van der Waals surface area contributed by atoms with Crippen molar-refractivity contribution in [3.63, 3.8) is 0 Å². The molecule has 0 amide bonds. The first kappa shape index (κ1) is 14.1. The first-order valence-electron chi connectivity index (χ1n) is 6.26. The summed E-state index contributed by atoms with van der Waals surface area (Å²) < 4.78 is 23.2. The summed E-state index contributed by atoms with van der Waals surface area (Å²) in [7, 11) is 1.33. The lowest BCUT2D eigenvalue weighted by Gasteiger charge is -2.12. The van der Waals surface area contributed by atoms with Gasteiger partial charge in [0.15, 0.2) is 0 Å². The Bertz CT molecular complexity index is 606. The molecule has 0 saturated carbocycles. The highest BCUT2D eigenvalue weighted by Crippen LogP contribution is 2.31. The number of carbonyl (C=O) groups is 1. The fourth-order valence-corrected chi connectivity index (χ4v) is 1.91. The van der Waals surface area contributed by atoms with Gasteiger partial charge in [0.05, 0.1) is 19.3 Å². The standard InChI is InChI=1S/C16H15FO3/c1-3-20-15-10-12(16(18)19-2)6-9-14(15)11-4-7-13(17)8-5-11/h4-10H,3H2,1-2H3. The van der Waals surface area contributed by atoms with E-state index in [1.54, 1.807) is 30.3 Å². The monoisotopic (exact) mass is 274 g/mol. The van der Waals surface area contributed by atoms with E-state index in [0.29, 0.717) is 17.9 Å². The molecule has 2 rings (SSSR count). The van der Waals surface area contributed by atoms with Gasteiger partial charge >= 0.3 is 5.97 Å². The van der Waals surface area contributed by atoms with Gasteiger partial charge in [-0.15, -0.1) is 0 Å². The molecular formula is C16H15FO3. The molecule has 3 nitrogen and oxygen atoms in total. The molecule has 2 aromatic rings. The molecule has 0 atom stereocenters. The highest BCUT2D eigenvalue weighted by atomic mass is 19.1. The van der Waals surface area contributed by atoms with Crippen molar-refractivity contribution in [3.8, 4) is 16.9 Å². The Balaban J connectivity index is 2.46. The maximum atomic E-state index is 13.0. The largest absolute Gasteiger partial charge is 0.493 e. The summed E-state index contributed by atoms with van der Waals surface area (Å²) in [5, 5.41) is 0. The molecule has 104 valence electrons. The van der Waals surface area contributed by atoms with Crippen molar-refractivity contribution in [3.05, 3.63) is 53.8 Å². The zero-order chi connectivity index (χ0) is 14.5. The van der Waals surface area contributed by atoms with Gasteiger partial charge in [0.25, 0.3) is 0 Å². The zero-order valence-electron chi connectivity index (χ0n) is 11.4. The Morgan fingerprint density at radius 3 is 2.45 bits per heavy atom. The van der Waals surface area contributed by atoms with Crippen LogP contribution in [0.1, 0.15) is 17.3 Å². The number of halogens is 1. The quantitative estimate of drug-likeness (QED) is 0.798. The van der Waals surface area contributed by atoms with Crippen LogP contribution >= 0.6 is 0 Å². The molecule has 0 fully saturated rings. The number of hydrogen-bond donors (Lipinski definition) is 0. The average molecular weight is 274 g/mol. The molecule has 0 spiro atoms. The van der Waals surface area contributed by atoms with E-state index in [0.717, 1.165) is 11.1 Å². The first-order chi connectivity index (χ1) is 9.65. The third-order valence-corrected chi connectivity index (χ3v) is 2.86. The second-order valence-corrected chi connectivity index (χ2v) is 4.14. The summed E-state index contributed by atoms with van der Waals surface area (Å²) in [6.07, 6.45) is 0. The first-order valence-corrected chi connectivity index (χ1v) is 6.26. The Morgan fingerprint density at radius 2 is 1.85 bits per heavy atom. The summed E-state index contributed by atoms with van der Waals surface area (Å²) in [5.41, 5.74) is 2.05. The van der Waals surface area contributed by atoms with Crippen molar-refractivity contribution < 1.29 is 18.7 Å². The van der Waals surface area contributed by atoms with Crippen molar-refractivity contribution in [1.29, 1.82) is 0 Å².